The minimum atomic E-state index is -0.506. The summed E-state index contributed by atoms with van der Waals surface area (Å²) in [6.07, 6.45) is 2.37. The fraction of sp³-hybridized carbons (Fsp3) is 0.105. The number of rotatable bonds is 6. The number of carbonyl (C=O) groups excluding carboxylic acids is 2. The van der Waals surface area contributed by atoms with Crippen LogP contribution in [0.25, 0.3) is 0 Å². The number of carbonyl (C=O) groups is 2. The third-order valence-electron chi connectivity index (χ3n) is 3.62. The Hall–Kier alpha value is -3.06. The molecule has 0 saturated carbocycles. The third kappa shape index (κ3) is 4.73. The van der Waals surface area contributed by atoms with Crippen LogP contribution >= 0.6 is 11.3 Å². The summed E-state index contributed by atoms with van der Waals surface area (Å²) in [5.74, 6) is -1.20. The summed E-state index contributed by atoms with van der Waals surface area (Å²) in [7, 11) is 0. The van der Waals surface area contributed by atoms with Crippen molar-refractivity contribution in [1.82, 2.24) is 4.98 Å². The van der Waals surface area contributed by atoms with Crippen molar-refractivity contribution in [2.75, 3.05) is 10.6 Å². The van der Waals surface area contributed by atoms with Gasteiger partial charge in [-0.05, 0) is 59.1 Å². The number of aryl methyl sites for hydroxylation is 1. The number of amides is 2. The van der Waals surface area contributed by atoms with Gasteiger partial charge in [-0.25, -0.2) is 4.39 Å². The number of nitrogens with one attached hydrogen (secondary N) is 2. The third-order valence-corrected chi connectivity index (χ3v) is 4.35. The molecular weight excluding hydrogens is 353 g/mol. The first kappa shape index (κ1) is 17.8. The maximum absolute atomic E-state index is 13.6. The Kier molecular flexibility index (Phi) is 5.70. The van der Waals surface area contributed by atoms with Crippen molar-refractivity contribution < 1.29 is 14.0 Å². The van der Waals surface area contributed by atoms with E-state index in [0.29, 0.717) is 12.1 Å². The monoisotopic (exact) mass is 369 g/mol. The molecule has 0 fully saturated rings. The number of hydrogen-bond acceptors (Lipinski definition) is 4. The SMILES string of the molecule is O=C(CCc1ccsc1)Nc1cc(F)ccc1NC(=O)c1ccccn1. The van der Waals surface area contributed by atoms with Gasteiger partial charge in [-0.1, -0.05) is 6.07 Å². The highest BCUT2D eigenvalue weighted by molar-refractivity contribution is 7.07. The first-order chi connectivity index (χ1) is 12.6. The van der Waals surface area contributed by atoms with Crippen LogP contribution < -0.4 is 10.6 Å². The molecule has 3 rings (SSSR count). The molecule has 26 heavy (non-hydrogen) atoms. The second-order valence-corrected chi connectivity index (χ2v) is 6.32. The average molecular weight is 369 g/mol. The van der Waals surface area contributed by atoms with E-state index in [9.17, 15) is 14.0 Å². The molecule has 2 aromatic heterocycles. The zero-order chi connectivity index (χ0) is 18.4. The Balaban J connectivity index is 1.69. The van der Waals surface area contributed by atoms with Crippen molar-refractivity contribution in [1.29, 1.82) is 0 Å². The van der Waals surface area contributed by atoms with Crippen molar-refractivity contribution in [3.63, 3.8) is 0 Å². The molecule has 132 valence electrons. The zero-order valence-electron chi connectivity index (χ0n) is 13.7. The Labute approximate surface area is 153 Å². The molecule has 0 saturated heterocycles. The number of hydrogen-bond donors (Lipinski definition) is 2. The highest BCUT2D eigenvalue weighted by Crippen LogP contribution is 2.24. The van der Waals surface area contributed by atoms with Gasteiger partial charge in [0.25, 0.3) is 5.91 Å². The van der Waals surface area contributed by atoms with Crippen LogP contribution in [0.1, 0.15) is 22.5 Å². The van der Waals surface area contributed by atoms with Crippen LogP contribution in [0.2, 0.25) is 0 Å². The molecule has 7 heteroatoms. The first-order valence-corrected chi connectivity index (χ1v) is 8.89. The summed E-state index contributed by atoms with van der Waals surface area (Å²) in [5, 5.41) is 9.24. The van der Waals surface area contributed by atoms with Crippen molar-refractivity contribution >= 4 is 34.5 Å². The number of anilines is 2. The van der Waals surface area contributed by atoms with Gasteiger partial charge in [0, 0.05) is 12.6 Å². The van der Waals surface area contributed by atoms with E-state index in [1.54, 1.807) is 29.5 Å². The molecule has 5 nitrogen and oxygen atoms in total. The number of nitrogens with zero attached hydrogens (tertiary/aromatic N) is 1. The Morgan fingerprint density at radius 3 is 2.69 bits per heavy atom. The van der Waals surface area contributed by atoms with Crippen LogP contribution in [0.15, 0.2) is 59.4 Å². The quantitative estimate of drug-likeness (QED) is 0.687. The summed E-state index contributed by atoms with van der Waals surface area (Å²) >= 11 is 1.57. The number of thiophene rings is 1. The second kappa shape index (κ2) is 8.35. The van der Waals surface area contributed by atoms with E-state index in [4.69, 9.17) is 0 Å². The molecule has 2 amide bonds. The molecule has 0 bridgehead atoms. The average Bonchev–Trinajstić information content (AvgIpc) is 3.16. The predicted molar refractivity (Wildman–Crippen MR) is 99.9 cm³/mol. The molecule has 2 N–H and O–H groups in total. The largest absolute Gasteiger partial charge is 0.324 e. The fourth-order valence-electron chi connectivity index (χ4n) is 2.32. The van der Waals surface area contributed by atoms with Gasteiger partial charge in [-0.15, -0.1) is 0 Å². The lowest BCUT2D eigenvalue weighted by atomic mass is 10.2. The van der Waals surface area contributed by atoms with Crippen LogP contribution in [-0.4, -0.2) is 16.8 Å². The standard InChI is InChI=1S/C19H16FN3O2S/c20-14-5-6-15(23-19(25)16-3-1-2-9-21-16)17(11-14)22-18(24)7-4-13-8-10-26-12-13/h1-3,5-6,8-12H,4,7H2,(H,22,24)(H,23,25). The van der Waals surface area contributed by atoms with Crippen LogP contribution in [0.4, 0.5) is 15.8 Å². The smallest absolute Gasteiger partial charge is 0.274 e. The molecular formula is C19H16FN3O2S. The van der Waals surface area contributed by atoms with Crippen LogP contribution in [0, 0.1) is 5.82 Å². The maximum Gasteiger partial charge on any atom is 0.274 e. The summed E-state index contributed by atoms with van der Waals surface area (Å²) < 4.78 is 13.6. The topological polar surface area (TPSA) is 71.1 Å². The predicted octanol–water partition coefficient (Wildman–Crippen LogP) is 4.11. The molecule has 1 aromatic carbocycles. The molecule has 0 aliphatic carbocycles. The molecule has 2 heterocycles. The van der Waals surface area contributed by atoms with Crippen molar-refractivity contribution in [3.8, 4) is 0 Å². The molecule has 0 aliphatic rings. The van der Waals surface area contributed by atoms with Gasteiger partial charge >= 0.3 is 0 Å². The van der Waals surface area contributed by atoms with Gasteiger partial charge in [-0.2, -0.15) is 11.3 Å². The van der Waals surface area contributed by atoms with E-state index in [2.05, 4.69) is 15.6 Å². The second-order valence-electron chi connectivity index (χ2n) is 5.54. The highest BCUT2D eigenvalue weighted by Gasteiger charge is 2.13. The lowest BCUT2D eigenvalue weighted by Crippen LogP contribution is -2.17. The summed E-state index contributed by atoms with van der Waals surface area (Å²) in [4.78, 5) is 28.4. The van der Waals surface area contributed by atoms with E-state index in [0.717, 1.165) is 5.56 Å². The Bertz CT molecular complexity index is 898. The lowest BCUT2D eigenvalue weighted by Gasteiger charge is -2.12. The number of halogens is 1. The molecule has 0 radical (unpaired) electrons. The van der Waals surface area contributed by atoms with Crippen molar-refractivity contribution in [2.24, 2.45) is 0 Å². The van der Waals surface area contributed by atoms with E-state index in [1.165, 1.54) is 24.4 Å². The number of aromatic nitrogens is 1. The minimum Gasteiger partial charge on any atom is -0.324 e. The lowest BCUT2D eigenvalue weighted by molar-refractivity contribution is -0.116. The number of benzene rings is 1. The van der Waals surface area contributed by atoms with Gasteiger partial charge < -0.3 is 10.6 Å². The molecule has 0 spiro atoms. The highest BCUT2D eigenvalue weighted by atomic mass is 32.1. The van der Waals surface area contributed by atoms with E-state index >= 15 is 0 Å². The molecule has 0 unspecified atom stereocenters. The van der Waals surface area contributed by atoms with Gasteiger partial charge in [0.05, 0.1) is 11.4 Å². The Morgan fingerprint density at radius 1 is 1.08 bits per heavy atom. The van der Waals surface area contributed by atoms with Gasteiger partial charge in [0.2, 0.25) is 5.91 Å². The normalized spacial score (nSPS) is 10.3. The maximum atomic E-state index is 13.6. The Morgan fingerprint density at radius 2 is 1.96 bits per heavy atom. The summed E-state index contributed by atoms with van der Waals surface area (Å²) in [5.41, 5.74) is 1.83. The van der Waals surface area contributed by atoms with E-state index in [1.807, 2.05) is 16.8 Å². The molecule has 0 atom stereocenters. The fourth-order valence-corrected chi connectivity index (χ4v) is 3.02. The van der Waals surface area contributed by atoms with Crippen LogP contribution in [0.5, 0.6) is 0 Å². The molecule has 0 aliphatic heterocycles. The van der Waals surface area contributed by atoms with Crippen molar-refractivity contribution in [2.45, 2.75) is 12.8 Å². The van der Waals surface area contributed by atoms with E-state index < -0.39 is 11.7 Å². The number of pyridine rings is 1. The van der Waals surface area contributed by atoms with Gasteiger partial charge in [0.15, 0.2) is 0 Å². The summed E-state index contributed by atoms with van der Waals surface area (Å²) in [6.45, 7) is 0. The first-order valence-electron chi connectivity index (χ1n) is 7.94. The minimum absolute atomic E-state index is 0.213. The van der Waals surface area contributed by atoms with Gasteiger partial charge in [0.1, 0.15) is 11.5 Å². The van der Waals surface area contributed by atoms with Crippen LogP contribution in [0.3, 0.4) is 0 Å². The van der Waals surface area contributed by atoms with Crippen LogP contribution in [-0.2, 0) is 11.2 Å². The zero-order valence-corrected chi connectivity index (χ0v) is 14.6. The summed E-state index contributed by atoms with van der Waals surface area (Å²) in [6, 6.07) is 10.7. The molecule has 3 aromatic rings. The van der Waals surface area contributed by atoms with Crippen molar-refractivity contribution in [3.05, 3.63) is 76.5 Å². The van der Waals surface area contributed by atoms with Gasteiger partial charge in [-0.3, -0.25) is 14.6 Å². The van der Waals surface area contributed by atoms with E-state index in [-0.39, 0.29) is 23.7 Å².